The zero-order chi connectivity index (χ0) is 21.0. The molecule has 0 atom stereocenters. The molecule has 9 heteroatoms. The van der Waals surface area contributed by atoms with Crippen molar-refractivity contribution in [3.8, 4) is 0 Å². The third-order valence-corrected chi connectivity index (χ3v) is 4.48. The van der Waals surface area contributed by atoms with E-state index in [4.69, 9.17) is 9.90 Å². The molecule has 0 saturated heterocycles. The Hall–Kier alpha value is -4.01. The Morgan fingerprint density at radius 1 is 1.28 bits per heavy atom. The number of nitrogens with zero attached hydrogens (tertiary/aromatic N) is 4. The van der Waals surface area contributed by atoms with Crippen molar-refractivity contribution in [2.24, 2.45) is 7.05 Å². The summed E-state index contributed by atoms with van der Waals surface area (Å²) in [5.41, 5.74) is 2.97. The van der Waals surface area contributed by atoms with Crippen LogP contribution in [0.2, 0.25) is 0 Å². The number of hydrogen-bond acceptors (Lipinski definition) is 5. The number of carboxylic acid groups (broad SMARTS) is 1. The van der Waals surface area contributed by atoms with Crippen LogP contribution in [-0.2, 0) is 18.4 Å². The molecular weight excluding hydrogens is 374 g/mol. The molecule has 0 saturated carbocycles. The van der Waals surface area contributed by atoms with Crippen LogP contribution in [-0.4, -0.2) is 36.4 Å². The Morgan fingerprint density at radius 3 is 2.79 bits per heavy atom. The van der Waals surface area contributed by atoms with E-state index in [-0.39, 0.29) is 17.6 Å². The van der Waals surface area contributed by atoms with Gasteiger partial charge in [-0.1, -0.05) is 12.1 Å². The lowest BCUT2D eigenvalue weighted by molar-refractivity contribution is -0.122. The van der Waals surface area contributed by atoms with Crippen LogP contribution in [0.4, 0.5) is 0 Å². The van der Waals surface area contributed by atoms with E-state index in [0.29, 0.717) is 12.2 Å². The van der Waals surface area contributed by atoms with Gasteiger partial charge < -0.3 is 15.0 Å². The summed E-state index contributed by atoms with van der Waals surface area (Å²) in [7, 11) is 1.96. The lowest BCUT2D eigenvalue weighted by Crippen LogP contribution is -2.31. The third kappa shape index (κ3) is 3.98. The molecule has 0 aliphatic carbocycles. The number of aryl methyl sites for hydroxylation is 2. The fourth-order valence-electron chi connectivity index (χ4n) is 2.94. The fraction of sp³-hybridized carbons (Fsp3) is 0.150. The highest BCUT2D eigenvalue weighted by Crippen LogP contribution is 2.16. The summed E-state index contributed by atoms with van der Waals surface area (Å²) in [6.45, 7) is 2.00. The van der Waals surface area contributed by atoms with Gasteiger partial charge in [-0.2, -0.15) is 0 Å². The van der Waals surface area contributed by atoms with E-state index in [0.717, 1.165) is 22.4 Å². The summed E-state index contributed by atoms with van der Waals surface area (Å²) in [6, 6.07) is 11.1. The Bertz CT molecular complexity index is 1260. The first kappa shape index (κ1) is 19.7. The molecule has 29 heavy (non-hydrogen) atoms. The SMILES string of the molecule is Cc1nc2cc(CNC(=O)c3cnc4ccccn4c3=O)ccc2n1C.O=CO. The zero-order valence-corrected chi connectivity index (χ0v) is 15.9. The second-order valence-electron chi connectivity index (χ2n) is 6.24. The van der Waals surface area contributed by atoms with Crippen molar-refractivity contribution >= 4 is 29.1 Å². The summed E-state index contributed by atoms with van der Waals surface area (Å²) in [5.74, 6) is 0.481. The number of amides is 1. The van der Waals surface area contributed by atoms with Crippen LogP contribution in [0.15, 0.2) is 53.6 Å². The lowest BCUT2D eigenvalue weighted by Gasteiger charge is -2.06. The van der Waals surface area contributed by atoms with E-state index in [9.17, 15) is 9.59 Å². The number of nitrogens with one attached hydrogen (secondary N) is 1. The molecule has 4 rings (SSSR count). The van der Waals surface area contributed by atoms with E-state index in [1.807, 2.05) is 36.7 Å². The molecule has 0 spiro atoms. The van der Waals surface area contributed by atoms with Gasteiger partial charge in [0.25, 0.3) is 17.9 Å². The van der Waals surface area contributed by atoms with Crippen molar-refractivity contribution in [3.05, 3.63) is 76.1 Å². The number of rotatable bonds is 3. The number of pyridine rings is 1. The predicted octanol–water partition coefficient (Wildman–Crippen LogP) is 1.52. The molecule has 3 heterocycles. The van der Waals surface area contributed by atoms with Crippen LogP contribution in [0.1, 0.15) is 21.7 Å². The monoisotopic (exact) mass is 393 g/mol. The number of carbonyl (C=O) groups is 2. The van der Waals surface area contributed by atoms with E-state index in [1.54, 1.807) is 24.4 Å². The Labute approximate surface area is 165 Å². The highest BCUT2D eigenvalue weighted by molar-refractivity contribution is 5.93. The van der Waals surface area contributed by atoms with Gasteiger partial charge in [0.15, 0.2) is 0 Å². The standard InChI is InChI=1S/C19H17N5O2.CH2O2/c1-12-22-15-9-13(6-7-16(15)23(12)2)10-21-18(25)14-11-20-17-5-3-4-8-24(17)19(14)26;2-1-3/h3-9,11H,10H2,1-2H3,(H,21,25);1H,(H,2,3). The fourth-order valence-corrected chi connectivity index (χ4v) is 2.94. The van der Waals surface area contributed by atoms with Crippen LogP contribution in [0.25, 0.3) is 16.7 Å². The Kier molecular flexibility index (Phi) is 5.68. The maximum absolute atomic E-state index is 12.4. The molecule has 0 aliphatic rings. The van der Waals surface area contributed by atoms with Gasteiger partial charge in [0.1, 0.15) is 17.0 Å². The number of hydrogen-bond donors (Lipinski definition) is 2. The smallest absolute Gasteiger partial charge is 0.290 e. The van der Waals surface area contributed by atoms with E-state index >= 15 is 0 Å². The minimum Gasteiger partial charge on any atom is -0.483 e. The number of benzene rings is 1. The van der Waals surface area contributed by atoms with Gasteiger partial charge in [-0.05, 0) is 36.8 Å². The average Bonchev–Trinajstić information content (AvgIpc) is 3.00. The van der Waals surface area contributed by atoms with Crippen molar-refractivity contribution in [3.63, 3.8) is 0 Å². The minimum atomic E-state index is -0.446. The van der Waals surface area contributed by atoms with E-state index < -0.39 is 5.91 Å². The summed E-state index contributed by atoms with van der Waals surface area (Å²) in [4.78, 5) is 41.9. The molecule has 1 amide bonds. The lowest BCUT2D eigenvalue weighted by atomic mass is 10.2. The Balaban J connectivity index is 0.000000755. The first-order chi connectivity index (χ1) is 14.0. The van der Waals surface area contributed by atoms with Crippen LogP contribution >= 0.6 is 0 Å². The molecule has 3 aromatic heterocycles. The maximum atomic E-state index is 12.4. The molecule has 0 bridgehead atoms. The van der Waals surface area contributed by atoms with Gasteiger partial charge in [-0.25, -0.2) is 9.97 Å². The zero-order valence-electron chi connectivity index (χ0n) is 15.9. The largest absolute Gasteiger partial charge is 0.483 e. The second kappa shape index (κ2) is 8.34. The van der Waals surface area contributed by atoms with Crippen LogP contribution in [0.3, 0.4) is 0 Å². The summed E-state index contributed by atoms with van der Waals surface area (Å²) in [6.07, 6.45) is 2.91. The van der Waals surface area contributed by atoms with Crippen LogP contribution in [0.5, 0.6) is 0 Å². The molecule has 4 aromatic rings. The average molecular weight is 393 g/mol. The van der Waals surface area contributed by atoms with E-state index in [1.165, 1.54) is 10.6 Å². The van der Waals surface area contributed by atoms with Crippen molar-refractivity contribution in [2.75, 3.05) is 0 Å². The highest BCUT2D eigenvalue weighted by Gasteiger charge is 2.13. The molecule has 2 N–H and O–H groups in total. The topological polar surface area (TPSA) is 119 Å². The minimum absolute atomic E-state index is 0.0171. The summed E-state index contributed by atoms with van der Waals surface area (Å²) in [5, 5.41) is 9.67. The van der Waals surface area contributed by atoms with Crippen molar-refractivity contribution in [1.82, 2.24) is 24.3 Å². The first-order valence-electron chi connectivity index (χ1n) is 8.70. The van der Waals surface area contributed by atoms with E-state index in [2.05, 4.69) is 15.3 Å². The van der Waals surface area contributed by atoms with Crippen molar-refractivity contribution in [2.45, 2.75) is 13.5 Å². The number of aromatic nitrogens is 4. The van der Waals surface area contributed by atoms with Crippen LogP contribution in [0, 0.1) is 6.92 Å². The predicted molar refractivity (Wildman–Crippen MR) is 107 cm³/mol. The van der Waals surface area contributed by atoms with Gasteiger partial charge in [0.2, 0.25) is 0 Å². The molecule has 0 unspecified atom stereocenters. The van der Waals surface area contributed by atoms with Crippen molar-refractivity contribution < 1.29 is 14.7 Å². The van der Waals surface area contributed by atoms with Gasteiger partial charge in [0, 0.05) is 26.0 Å². The molecule has 0 fully saturated rings. The molecule has 0 aliphatic heterocycles. The normalized spacial score (nSPS) is 10.4. The van der Waals surface area contributed by atoms with Gasteiger partial charge in [-0.15, -0.1) is 0 Å². The number of carbonyl (C=O) groups excluding carboxylic acids is 1. The summed E-state index contributed by atoms with van der Waals surface area (Å²) < 4.78 is 3.37. The maximum Gasteiger partial charge on any atom is 0.290 e. The number of imidazole rings is 1. The molecule has 0 radical (unpaired) electrons. The molecule has 1 aromatic carbocycles. The van der Waals surface area contributed by atoms with Crippen LogP contribution < -0.4 is 10.9 Å². The molecule has 9 nitrogen and oxygen atoms in total. The summed E-state index contributed by atoms with van der Waals surface area (Å²) >= 11 is 0. The van der Waals surface area contributed by atoms with Gasteiger partial charge in [-0.3, -0.25) is 18.8 Å². The van der Waals surface area contributed by atoms with Gasteiger partial charge in [0.05, 0.1) is 11.0 Å². The molecular formula is C20H19N5O4. The first-order valence-corrected chi connectivity index (χ1v) is 8.70. The highest BCUT2D eigenvalue weighted by atomic mass is 16.3. The third-order valence-electron chi connectivity index (χ3n) is 4.48. The second-order valence-corrected chi connectivity index (χ2v) is 6.24. The number of fused-ring (bicyclic) bond motifs is 2. The van der Waals surface area contributed by atoms with Gasteiger partial charge >= 0.3 is 0 Å². The quantitative estimate of drug-likeness (QED) is 0.510. The Morgan fingerprint density at radius 2 is 2.03 bits per heavy atom. The molecule has 148 valence electrons. The van der Waals surface area contributed by atoms with Crippen molar-refractivity contribution in [1.29, 1.82) is 0 Å².